The van der Waals surface area contributed by atoms with Crippen molar-refractivity contribution in [2.24, 2.45) is 11.8 Å². The van der Waals surface area contributed by atoms with Gasteiger partial charge in [0.25, 0.3) is 0 Å². The Balaban J connectivity index is 2.50. The third kappa shape index (κ3) is 3.22. The lowest BCUT2D eigenvalue weighted by atomic mass is 10.1. The molecule has 1 aromatic heterocycles. The molecule has 1 unspecified atom stereocenters. The number of anilines is 2. The van der Waals surface area contributed by atoms with Crippen molar-refractivity contribution < 1.29 is 0 Å². The molecule has 0 fully saturated rings. The second-order valence-corrected chi connectivity index (χ2v) is 3.47. The molecule has 14 heavy (non-hydrogen) atoms. The van der Waals surface area contributed by atoms with Gasteiger partial charge in [-0.2, -0.15) is 0 Å². The van der Waals surface area contributed by atoms with Gasteiger partial charge in [-0.15, -0.1) is 0 Å². The molecule has 0 radical (unpaired) electrons. The first-order chi connectivity index (χ1) is 6.76. The second-order valence-electron chi connectivity index (χ2n) is 3.47. The van der Waals surface area contributed by atoms with Crippen LogP contribution in [0.4, 0.5) is 11.5 Å². The van der Waals surface area contributed by atoms with Gasteiger partial charge in [0.1, 0.15) is 5.82 Å². The first-order valence-corrected chi connectivity index (χ1v) is 4.92. The van der Waals surface area contributed by atoms with Crippen LogP contribution in [0.2, 0.25) is 0 Å². The Bertz CT molecular complexity index is 275. The topological polar surface area (TPSA) is 63.0 Å². The number of hydrogen-bond acceptors (Lipinski definition) is 4. The normalized spacial score (nSPS) is 12.2. The summed E-state index contributed by atoms with van der Waals surface area (Å²) in [6.07, 6.45) is 2.91. The summed E-state index contributed by atoms with van der Waals surface area (Å²) in [5.41, 5.74) is 3.57. The van der Waals surface area contributed by atoms with E-state index in [-0.39, 0.29) is 0 Å². The average molecular weight is 194 g/mol. The molecule has 0 aliphatic carbocycles. The van der Waals surface area contributed by atoms with Crippen molar-refractivity contribution in [1.82, 2.24) is 4.98 Å². The highest BCUT2D eigenvalue weighted by Crippen LogP contribution is 2.11. The lowest BCUT2D eigenvalue weighted by Gasteiger charge is -2.11. The molecule has 0 aliphatic rings. The molecule has 0 saturated heterocycles. The maximum absolute atomic E-state index is 5.26. The fraction of sp³-hybridized carbons (Fsp3) is 0.500. The number of nitrogens with one attached hydrogen (secondary N) is 2. The molecule has 0 amide bonds. The third-order valence-electron chi connectivity index (χ3n) is 2.26. The number of nitrogen functional groups attached to an aromatic ring is 1. The Morgan fingerprint density at radius 2 is 2.36 bits per heavy atom. The van der Waals surface area contributed by atoms with Crippen molar-refractivity contribution in [3.63, 3.8) is 0 Å². The summed E-state index contributed by atoms with van der Waals surface area (Å²) in [6, 6.07) is 3.82. The number of hydrazine groups is 1. The van der Waals surface area contributed by atoms with Crippen LogP contribution in [-0.4, -0.2) is 11.5 Å². The second kappa shape index (κ2) is 5.44. The quantitative estimate of drug-likeness (QED) is 0.494. The van der Waals surface area contributed by atoms with Crippen molar-refractivity contribution in [3.8, 4) is 0 Å². The zero-order valence-electron chi connectivity index (χ0n) is 8.75. The molecule has 4 nitrogen and oxygen atoms in total. The molecule has 0 aromatic carbocycles. The zero-order valence-corrected chi connectivity index (χ0v) is 8.75. The Morgan fingerprint density at radius 3 is 3.00 bits per heavy atom. The van der Waals surface area contributed by atoms with Gasteiger partial charge >= 0.3 is 0 Å². The maximum Gasteiger partial charge on any atom is 0.141 e. The molecule has 1 heterocycles. The lowest BCUT2D eigenvalue weighted by Crippen LogP contribution is -2.12. The fourth-order valence-electron chi connectivity index (χ4n) is 1.06. The summed E-state index contributed by atoms with van der Waals surface area (Å²) in [7, 11) is 0. The first-order valence-electron chi connectivity index (χ1n) is 4.92. The molecular formula is C10H18N4. The molecule has 4 N–H and O–H groups in total. The fourth-order valence-corrected chi connectivity index (χ4v) is 1.06. The standard InChI is InChI=1S/C10H18N4/c1-3-8(2)7-13-9-4-5-12-10(6-9)14-11/h4-6,8H,3,7,11H2,1-2H3,(H2,12,13,14). The average Bonchev–Trinajstić information content (AvgIpc) is 2.26. The van der Waals surface area contributed by atoms with Crippen LogP contribution in [-0.2, 0) is 0 Å². The van der Waals surface area contributed by atoms with Crippen LogP contribution in [0.5, 0.6) is 0 Å². The van der Waals surface area contributed by atoms with Gasteiger partial charge in [-0.3, -0.25) is 0 Å². The van der Waals surface area contributed by atoms with Crippen LogP contribution < -0.4 is 16.6 Å². The van der Waals surface area contributed by atoms with Gasteiger partial charge in [-0.05, 0) is 12.0 Å². The first kappa shape index (κ1) is 10.8. The molecule has 1 aromatic rings. The van der Waals surface area contributed by atoms with Crippen molar-refractivity contribution in [2.45, 2.75) is 20.3 Å². The van der Waals surface area contributed by atoms with Gasteiger partial charge in [-0.1, -0.05) is 20.3 Å². The zero-order chi connectivity index (χ0) is 10.4. The predicted octanol–water partition coefficient (Wildman–Crippen LogP) is 1.83. The van der Waals surface area contributed by atoms with Crippen molar-refractivity contribution in [3.05, 3.63) is 18.3 Å². The summed E-state index contributed by atoms with van der Waals surface area (Å²) in [4.78, 5) is 4.03. The summed E-state index contributed by atoms with van der Waals surface area (Å²) < 4.78 is 0. The minimum Gasteiger partial charge on any atom is -0.385 e. The van der Waals surface area contributed by atoms with Gasteiger partial charge in [0.15, 0.2) is 0 Å². The van der Waals surface area contributed by atoms with E-state index in [9.17, 15) is 0 Å². The Morgan fingerprint density at radius 1 is 1.57 bits per heavy atom. The maximum atomic E-state index is 5.26. The van der Waals surface area contributed by atoms with Crippen LogP contribution in [0.1, 0.15) is 20.3 Å². The minimum atomic E-state index is 0.678. The van der Waals surface area contributed by atoms with Crippen LogP contribution in [0.15, 0.2) is 18.3 Å². The van der Waals surface area contributed by atoms with E-state index >= 15 is 0 Å². The molecule has 78 valence electrons. The minimum absolute atomic E-state index is 0.678. The summed E-state index contributed by atoms with van der Waals surface area (Å²) in [6.45, 7) is 5.38. The van der Waals surface area contributed by atoms with Gasteiger partial charge in [-0.25, -0.2) is 10.8 Å². The number of pyridine rings is 1. The predicted molar refractivity (Wildman–Crippen MR) is 60.0 cm³/mol. The molecule has 1 atom stereocenters. The van der Waals surface area contributed by atoms with E-state index in [4.69, 9.17) is 5.84 Å². The van der Waals surface area contributed by atoms with Crippen LogP contribution in [0.3, 0.4) is 0 Å². The van der Waals surface area contributed by atoms with Gasteiger partial charge < -0.3 is 10.7 Å². The van der Waals surface area contributed by atoms with E-state index in [1.165, 1.54) is 6.42 Å². The highest BCUT2D eigenvalue weighted by atomic mass is 15.2. The number of aromatic nitrogens is 1. The van der Waals surface area contributed by atoms with Gasteiger partial charge in [0.2, 0.25) is 0 Å². The van der Waals surface area contributed by atoms with Gasteiger partial charge in [0.05, 0.1) is 0 Å². The number of nitrogens with two attached hydrogens (primary N) is 1. The molecule has 0 saturated carbocycles. The smallest absolute Gasteiger partial charge is 0.141 e. The van der Waals surface area contributed by atoms with Crippen molar-refractivity contribution >= 4 is 11.5 Å². The van der Waals surface area contributed by atoms with E-state index in [2.05, 4.69) is 29.6 Å². The highest BCUT2D eigenvalue weighted by molar-refractivity contribution is 5.51. The van der Waals surface area contributed by atoms with E-state index in [1.807, 2.05) is 12.1 Å². The van der Waals surface area contributed by atoms with Crippen molar-refractivity contribution in [2.75, 3.05) is 17.3 Å². The van der Waals surface area contributed by atoms with Crippen LogP contribution >= 0.6 is 0 Å². The molecular weight excluding hydrogens is 176 g/mol. The molecule has 0 bridgehead atoms. The monoisotopic (exact) mass is 194 g/mol. The van der Waals surface area contributed by atoms with Gasteiger partial charge in [0, 0.05) is 24.5 Å². The Hall–Kier alpha value is -1.29. The Kier molecular flexibility index (Phi) is 4.19. The van der Waals surface area contributed by atoms with E-state index < -0.39 is 0 Å². The SMILES string of the molecule is CCC(C)CNc1ccnc(NN)c1. The summed E-state index contributed by atoms with van der Waals surface area (Å²) >= 11 is 0. The van der Waals surface area contributed by atoms with Crippen LogP contribution in [0.25, 0.3) is 0 Å². The largest absolute Gasteiger partial charge is 0.385 e. The molecule has 0 spiro atoms. The lowest BCUT2D eigenvalue weighted by molar-refractivity contribution is 0.593. The Labute approximate surface area is 84.9 Å². The molecule has 0 aliphatic heterocycles. The summed E-state index contributed by atoms with van der Waals surface area (Å²) in [5, 5.41) is 3.33. The van der Waals surface area contributed by atoms with E-state index in [0.29, 0.717) is 11.7 Å². The van der Waals surface area contributed by atoms with E-state index in [1.54, 1.807) is 6.20 Å². The molecule has 4 heteroatoms. The number of rotatable bonds is 5. The van der Waals surface area contributed by atoms with Crippen molar-refractivity contribution in [1.29, 1.82) is 0 Å². The highest BCUT2D eigenvalue weighted by Gasteiger charge is 1.99. The molecule has 1 rings (SSSR count). The van der Waals surface area contributed by atoms with Crippen LogP contribution in [0, 0.1) is 5.92 Å². The van der Waals surface area contributed by atoms with E-state index in [0.717, 1.165) is 12.2 Å². The number of nitrogens with zero attached hydrogens (tertiary/aromatic N) is 1. The summed E-state index contributed by atoms with van der Waals surface area (Å²) in [5.74, 6) is 6.62. The number of hydrogen-bond donors (Lipinski definition) is 3. The third-order valence-corrected chi connectivity index (χ3v) is 2.26.